The molecule has 0 radical (unpaired) electrons. The van der Waals surface area contributed by atoms with E-state index in [4.69, 9.17) is 24.1 Å². The van der Waals surface area contributed by atoms with Crippen molar-refractivity contribution in [1.82, 2.24) is 0 Å². The summed E-state index contributed by atoms with van der Waals surface area (Å²) in [5.41, 5.74) is -0.151. The van der Waals surface area contributed by atoms with E-state index in [1.54, 1.807) is 6.92 Å². The average molecular weight is 493 g/mol. The summed E-state index contributed by atoms with van der Waals surface area (Å²) >= 11 is 0. The lowest BCUT2D eigenvalue weighted by Gasteiger charge is -2.37. The minimum atomic E-state index is -1.10. The van der Waals surface area contributed by atoms with Gasteiger partial charge in [0, 0.05) is 12.0 Å². The van der Waals surface area contributed by atoms with Crippen LogP contribution in [-0.4, -0.2) is 70.1 Å². The summed E-state index contributed by atoms with van der Waals surface area (Å²) in [7, 11) is 0. The predicted octanol–water partition coefficient (Wildman–Crippen LogP) is 3.44. The van der Waals surface area contributed by atoms with E-state index in [-0.39, 0.29) is 49.1 Å². The fourth-order valence-corrected chi connectivity index (χ4v) is 5.85. The van der Waals surface area contributed by atoms with Crippen molar-refractivity contribution in [1.29, 1.82) is 0 Å². The third kappa shape index (κ3) is 6.61. The smallest absolute Gasteiger partial charge is 0.303 e. The third-order valence-electron chi connectivity index (χ3n) is 7.79. The first kappa shape index (κ1) is 26.5. The Morgan fingerprint density at radius 3 is 2.60 bits per heavy atom. The van der Waals surface area contributed by atoms with Crippen LogP contribution >= 0.6 is 0 Å². The minimum absolute atomic E-state index is 0.0703. The number of aliphatic carboxylic acids is 1. The van der Waals surface area contributed by atoms with Gasteiger partial charge in [0.2, 0.25) is 0 Å². The van der Waals surface area contributed by atoms with Gasteiger partial charge in [0.15, 0.2) is 6.29 Å². The Hall–Kier alpha value is -1.55. The van der Waals surface area contributed by atoms with Crippen molar-refractivity contribution >= 4 is 5.97 Å². The van der Waals surface area contributed by atoms with Gasteiger partial charge >= 0.3 is 5.97 Å². The summed E-state index contributed by atoms with van der Waals surface area (Å²) in [4.78, 5) is 11.1. The molecule has 0 saturated carbocycles. The van der Waals surface area contributed by atoms with E-state index in [1.165, 1.54) is 0 Å². The van der Waals surface area contributed by atoms with Crippen molar-refractivity contribution in [2.45, 2.75) is 108 Å². The van der Waals surface area contributed by atoms with E-state index >= 15 is 0 Å². The first-order chi connectivity index (χ1) is 16.6. The predicted molar refractivity (Wildman–Crippen MR) is 128 cm³/mol. The summed E-state index contributed by atoms with van der Waals surface area (Å²) in [6.45, 7) is 6.09. The molecule has 0 amide bonds. The van der Waals surface area contributed by atoms with E-state index < -0.39 is 30.1 Å². The van der Waals surface area contributed by atoms with Crippen molar-refractivity contribution in [3.8, 4) is 0 Å². The molecule has 4 rings (SSSR count). The maximum absolute atomic E-state index is 11.2. The molecule has 8 heteroatoms. The lowest BCUT2D eigenvalue weighted by molar-refractivity contribution is -0.274. The molecule has 0 unspecified atom stereocenters. The Morgan fingerprint density at radius 2 is 1.89 bits per heavy atom. The van der Waals surface area contributed by atoms with Gasteiger partial charge in [0.25, 0.3) is 0 Å². The van der Waals surface area contributed by atoms with Crippen LogP contribution in [0.3, 0.4) is 0 Å². The van der Waals surface area contributed by atoms with Gasteiger partial charge in [-0.25, -0.2) is 0 Å². The van der Waals surface area contributed by atoms with Gasteiger partial charge in [-0.15, -0.1) is 0 Å². The molecule has 1 aromatic rings. The Kier molecular flexibility index (Phi) is 8.51. The summed E-state index contributed by atoms with van der Waals surface area (Å²) in [6, 6.07) is 9.78. The number of carbonyl (C=O) groups is 1. The molecule has 8 nitrogen and oxygen atoms in total. The largest absolute Gasteiger partial charge is 0.481 e. The van der Waals surface area contributed by atoms with Crippen molar-refractivity contribution in [2.24, 2.45) is 11.8 Å². The van der Waals surface area contributed by atoms with Gasteiger partial charge in [-0.1, -0.05) is 44.2 Å². The van der Waals surface area contributed by atoms with Crippen molar-refractivity contribution in [3.05, 3.63) is 35.9 Å². The van der Waals surface area contributed by atoms with Crippen LogP contribution in [0.25, 0.3) is 0 Å². The number of carboxylic acid groups (broad SMARTS) is 1. The van der Waals surface area contributed by atoms with Crippen LogP contribution in [-0.2, 0) is 23.7 Å². The molecule has 3 aliphatic rings. The first-order valence-corrected chi connectivity index (χ1v) is 12.9. The molecular formula is C27H40O8. The molecule has 0 spiro atoms. The average Bonchev–Trinajstić information content (AvgIpc) is 3.11. The second-order valence-electron chi connectivity index (χ2n) is 10.9. The zero-order valence-corrected chi connectivity index (χ0v) is 20.9. The molecule has 0 aromatic heterocycles. The summed E-state index contributed by atoms with van der Waals surface area (Å²) < 4.78 is 24.6. The lowest BCUT2D eigenvalue weighted by atomic mass is 9.87. The van der Waals surface area contributed by atoms with Crippen molar-refractivity contribution in [3.63, 3.8) is 0 Å². The number of benzene rings is 1. The van der Waals surface area contributed by atoms with E-state index in [2.05, 4.69) is 6.92 Å². The van der Waals surface area contributed by atoms with Crippen LogP contribution in [0.15, 0.2) is 30.3 Å². The van der Waals surface area contributed by atoms with Crippen LogP contribution in [0.4, 0.5) is 0 Å². The van der Waals surface area contributed by atoms with Crippen LogP contribution in [0, 0.1) is 11.8 Å². The molecule has 3 fully saturated rings. The number of hydrogen-bond donors (Lipinski definition) is 3. The number of hydrogen-bond acceptors (Lipinski definition) is 7. The van der Waals surface area contributed by atoms with Gasteiger partial charge in [-0.2, -0.15) is 0 Å². The van der Waals surface area contributed by atoms with Crippen LogP contribution in [0.5, 0.6) is 0 Å². The van der Waals surface area contributed by atoms with E-state index in [0.717, 1.165) is 12.0 Å². The zero-order valence-electron chi connectivity index (χ0n) is 20.9. The highest BCUT2D eigenvalue weighted by Crippen LogP contribution is 2.39. The Labute approximate surface area is 207 Å². The number of aliphatic hydroxyl groups excluding tert-OH is 1. The van der Waals surface area contributed by atoms with E-state index in [9.17, 15) is 15.0 Å². The van der Waals surface area contributed by atoms with Crippen molar-refractivity contribution in [2.75, 3.05) is 6.61 Å². The standard InChI is InChI=1S/C27H40O8/c1-16-11-20(33-25(16)17(2)12-24(29)30)13-19(28)14-23-27(3,31)10-9-21-22(34-23)15-32-26(35-21)18-7-5-4-6-8-18/h4-8,16-17,19-23,25-26,28,31H,9-15H2,1-3H3,(H,29,30)/t16-,17+,19-,20+,21-,22+,23-,25+,26+,27+/m0/s1. The Morgan fingerprint density at radius 1 is 1.14 bits per heavy atom. The van der Waals surface area contributed by atoms with Crippen molar-refractivity contribution < 1.29 is 39.1 Å². The second kappa shape index (κ2) is 11.2. The maximum Gasteiger partial charge on any atom is 0.303 e. The fourth-order valence-electron chi connectivity index (χ4n) is 5.85. The Bertz CT molecular complexity index is 830. The van der Waals surface area contributed by atoms with Gasteiger partial charge < -0.3 is 34.3 Å². The third-order valence-corrected chi connectivity index (χ3v) is 7.79. The highest BCUT2D eigenvalue weighted by Gasteiger charge is 2.45. The van der Waals surface area contributed by atoms with E-state index in [0.29, 0.717) is 25.9 Å². The first-order valence-electron chi connectivity index (χ1n) is 12.9. The Balaban J connectivity index is 1.32. The molecule has 3 N–H and O–H groups in total. The number of carboxylic acids is 1. The normalized spacial score (nSPS) is 39.4. The lowest BCUT2D eigenvalue weighted by Crippen LogP contribution is -2.46. The summed E-state index contributed by atoms with van der Waals surface area (Å²) in [5, 5.41) is 31.2. The van der Waals surface area contributed by atoms with Gasteiger partial charge in [0.1, 0.15) is 6.10 Å². The number of fused-ring (bicyclic) bond motifs is 1. The summed E-state index contributed by atoms with van der Waals surface area (Å²) in [5.74, 6) is -0.680. The SMILES string of the molecule is C[C@H](CC(=O)O)[C@@H]1O[C@@H](C[C@H](O)C[C@@H]2O[C@@H]3CO[C@@H](c4ccccc4)O[C@H]3CC[C@@]2(C)O)C[C@@H]1C. The molecule has 3 heterocycles. The quantitative estimate of drug-likeness (QED) is 0.506. The van der Waals surface area contributed by atoms with Gasteiger partial charge in [-0.05, 0) is 44.4 Å². The number of aliphatic hydroxyl groups is 2. The minimum Gasteiger partial charge on any atom is -0.481 e. The second-order valence-corrected chi connectivity index (χ2v) is 10.9. The molecule has 3 saturated heterocycles. The molecule has 1 aromatic carbocycles. The van der Waals surface area contributed by atoms with Crippen LogP contribution < -0.4 is 0 Å². The topological polar surface area (TPSA) is 115 Å². The van der Waals surface area contributed by atoms with Gasteiger partial charge in [0.05, 0.1) is 49.1 Å². The van der Waals surface area contributed by atoms with Crippen LogP contribution in [0.2, 0.25) is 0 Å². The molecule has 10 atom stereocenters. The molecule has 196 valence electrons. The monoisotopic (exact) mass is 492 g/mol. The number of rotatable bonds is 8. The zero-order chi connectivity index (χ0) is 25.2. The molecule has 35 heavy (non-hydrogen) atoms. The molecule has 0 bridgehead atoms. The highest BCUT2D eigenvalue weighted by atomic mass is 16.7. The van der Waals surface area contributed by atoms with E-state index in [1.807, 2.05) is 37.3 Å². The fraction of sp³-hybridized carbons (Fsp3) is 0.741. The molecule has 3 aliphatic heterocycles. The number of ether oxygens (including phenoxy) is 4. The van der Waals surface area contributed by atoms with Crippen LogP contribution in [0.1, 0.15) is 71.1 Å². The summed E-state index contributed by atoms with van der Waals surface area (Å²) in [6.07, 6.45) is 0.187. The molecular weight excluding hydrogens is 452 g/mol. The maximum atomic E-state index is 11.2. The highest BCUT2D eigenvalue weighted by molar-refractivity contribution is 5.67. The van der Waals surface area contributed by atoms with Gasteiger partial charge in [-0.3, -0.25) is 4.79 Å². The molecule has 0 aliphatic carbocycles.